The molecule has 0 saturated carbocycles. The van der Waals surface area contributed by atoms with Crippen molar-refractivity contribution in [2.24, 2.45) is 5.41 Å². The molecule has 0 fully saturated rings. The quantitative estimate of drug-likeness (QED) is 0.480. The van der Waals surface area contributed by atoms with Crippen molar-refractivity contribution in [2.45, 2.75) is 65.7 Å². The van der Waals surface area contributed by atoms with Gasteiger partial charge in [0.25, 0.3) is 0 Å². The molecule has 1 aliphatic rings. The molecule has 0 saturated heterocycles. The fourth-order valence-corrected chi connectivity index (χ4v) is 3.91. The summed E-state index contributed by atoms with van der Waals surface area (Å²) < 4.78 is 11.0. The van der Waals surface area contributed by atoms with E-state index in [9.17, 15) is 4.79 Å². The van der Waals surface area contributed by atoms with Gasteiger partial charge in [0.1, 0.15) is 11.5 Å². The number of carbonyl (C=O) groups is 1. The zero-order valence-electron chi connectivity index (χ0n) is 17.8. The standard InChI is InChI=1S/C25H32O3/c1-6-7-19-16-21(27-5)12-13-23(19)20-9-8-18-15-22(11-10-17(18)14-20)28-24(26)25(2,3)4/h10-13,15-16,20H,6-9,14H2,1-5H3/t20-/m1/s1. The van der Waals surface area contributed by atoms with Crippen LogP contribution in [0.15, 0.2) is 36.4 Å². The van der Waals surface area contributed by atoms with Crippen molar-refractivity contribution >= 4 is 5.97 Å². The fourth-order valence-electron chi connectivity index (χ4n) is 3.91. The van der Waals surface area contributed by atoms with Crippen LogP contribution in [0.4, 0.5) is 0 Å². The maximum absolute atomic E-state index is 12.2. The minimum atomic E-state index is -0.495. The maximum atomic E-state index is 12.2. The van der Waals surface area contributed by atoms with Crippen molar-refractivity contribution in [2.75, 3.05) is 7.11 Å². The highest BCUT2D eigenvalue weighted by molar-refractivity contribution is 5.77. The Kier molecular flexibility index (Phi) is 6.12. The molecular formula is C25H32O3. The second-order valence-corrected chi connectivity index (χ2v) is 8.82. The number of methoxy groups -OCH3 is 1. The van der Waals surface area contributed by atoms with Gasteiger partial charge in [-0.1, -0.05) is 25.5 Å². The summed E-state index contributed by atoms with van der Waals surface area (Å²) in [4.78, 5) is 12.2. The number of hydrogen-bond donors (Lipinski definition) is 0. The zero-order chi connectivity index (χ0) is 20.3. The van der Waals surface area contributed by atoms with Gasteiger partial charge in [-0.15, -0.1) is 0 Å². The van der Waals surface area contributed by atoms with Gasteiger partial charge in [0.15, 0.2) is 0 Å². The molecule has 1 aliphatic carbocycles. The third-order valence-corrected chi connectivity index (χ3v) is 5.54. The monoisotopic (exact) mass is 380 g/mol. The molecule has 0 aliphatic heterocycles. The third-order valence-electron chi connectivity index (χ3n) is 5.54. The van der Waals surface area contributed by atoms with Crippen molar-refractivity contribution in [3.8, 4) is 11.5 Å². The van der Waals surface area contributed by atoms with Crippen LogP contribution in [0, 0.1) is 5.41 Å². The van der Waals surface area contributed by atoms with Gasteiger partial charge in [0.2, 0.25) is 0 Å². The fraction of sp³-hybridized carbons (Fsp3) is 0.480. The van der Waals surface area contributed by atoms with Crippen LogP contribution in [0.1, 0.15) is 68.7 Å². The van der Waals surface area contributed by atoms with Crippen LogP contribution in [0.2, 0.25) is 0 Å². The lowest BCUT2D eigenvalue weighted by atomic mass is 9.78. The average molecular weight is 381 g/mol. The highest BCUT2D eigenvalue weighted by atomic mass is 16.5. The Labute approximate surface area is 169 Å². The van der Waals surface area contributed by atoms with E-state index >= 15 is 0 Å². The predicted molar refractivity (Wildman–Crippen MR) is 113 cm³/mol. The van der Waals surface area contributed by atoms with Crippen molar-refractivity contribution in [1.29, 1.82) is 0 Å². The lowest BCUT2D eigenvalue weighted by molar-refractivity contribution is -0.143. The Bertz CT molecular complexity index is 845. The molecule has 3 nitrogen and oxygen atoms in total. The summed E-state index contributed by atoms with van der Waals surface area (Å²) in [6, 6.07) is 12.7. The molecule has 0 N–H and O–H groups in total. The second-order valence-electron chi connectivity index (χ2n) is 8.82. The Hall–Kier alpha value is -2.29. The molecule has 0 bridgehead atoms. The molecule has 0 heterocycles. The third kappa shape index (κ3) is 4.57. The summed E-state index contributed by atoms with van der Waals surface area (Å²) in [7, 11) is 1.73. The van der Waals surface area contributed by atoms with Gasteiger partial charge in [0, 0.05) is 0 Å². The van der Waals surface area contributed by atoms with Crippen LogP contribution in [0.3, 0.4) is 0 Å². The molecular weight excluding hydrogens is 348 g/mol. The van der Waals surface area contributed by atoms with E-state index in [-0.39, 0.29) is 5.97 Å². The van der Waals surface area contributed by atoms with Crippen molar-refractivity contribution in [3.63, 3.8) is 0 Å². The molecule has 150 valence electrons. The van der Waals surface area contributed by atoms with Gasteiger partial charge >= 0.3 is 5.97 Å². The molecule has 3 heteroatoms. The van der Waals surface area contributed by atoms with Crippen LogP contribution in [0.25, 0.3) is 0 Å². The van der Waals surface area contributed by atoms with E-state index in [0.717, 1.165) is 37.9 Å². The van der Waals surface area contributed by atoms with Gasteiger partial charge in [0.05, 0.1) is 12.5 Å². The molecule has 0 amide bonds. The van der Waals surface area contributed by atoms with E-state index in [1.54, 1.807) is 7.11 Å². The number of benzene rings is 2. The zero-order valence-corrected chi connectivity index (χ0v) is 17.8. The smallest absolute Gasteiger partial charge is 0.316 e. The molecule has 0 radical (unpaired) electrons. The normalized spacial score (nSPS) is 16.4. The first-order valence-corrected chi connectivity index (χ1v) is 10.3. The van der Waals surface area contributed by atoms with Crippen LogP contribution < -0.4 is 9.47 Å². The topological polar surface area (TPSA) is 35.5 Å². The Morgan fingerprint density at radius 1 is 1.07 bits per heavy atom. The first kappa shape index (κ1) is 20.4. The van der Waals surface area contributed by atoms with Gasteiger partial charge in [-0.05, 0) is 98.9 Å². The largest absolute Gasteiger partial charge is 0.497 e. The summed E-state index contributed by atoms with van der Waals surface area (Å²) >= 11 is 0. The van der Waals surface area contributed by atoms with E-state index in [1.165, 1.54) is 22.3 Å². The minimum Gasteiger partial charge on any atom is -0.497 e. The number of fused-ring (bicyclic) bond motifs is 1. The highest BCUT2D eigenvalue weighted by Gasteiger charge is 2.26. The summed E-state index contributed by atoms with van der Waals surface area (Å²) in [5, 5.41) is 0. The number of aryl methyl sites for hydroxylation is 2. The molecule has 1 atom stereocenters. The molecule has 0 aromatic heterocycles. The van der Waals surface area contributed by atoms with Crippen molar-refractivity contribution in [1.82, 2.24) is 0 Å². The van der Waals surface area contributed by atoms with Crippen LogP contribution in [-0.2, 0) is 24.1 Å². The molecule has 2 aromatic rings. The van der Waals surface area contributed by atoms with Crippen molar-refractivity contribution < 1.29 is 14.3 Å². The summed E-state index contributed by atoms with van der Waals surface area (Å²) in [5.41, 5.74) is 5.04. The van der Waals surface area contributed by atoms with Gasteiger partial charge in [-0.3, -0.25) is 4.79 Å². The summed E-state index contributed by atoms with van der Waals surface area (Å²) in [5.74, 6) is 1.94. The maximum Gasteiger partial charge on any atom is 0.316 e. The van der Waals surface area contributed by atoms with E-state index < -0.39 is 5.41 Å². The van der Waals surface area contributed by atoms with Gasteiger partial charge in [-0.2, -0.15) is 0 Å². The first-order chi connectivity index (χ1) is 13.3. The Morgan fingerprint density at radius 2 is 1.82 bits per heavy atom. The number of ether oxygens (including phenoxy) is 2. The summed E-state index contributed by atoms with van der Waals surface area (Å²) in [6.07, 6.45) is 5.38. The predicted octanol–water partition coefficient (Wildman–Crippen LogP) is 5.87. The lowest BCUT2D eigenvalue weighted by Gasteiger charge is -2.27. The molecule has 28 heavy (non-hydrogen) atoms. The number of esters is 1. The van der Waals surface area contributed by atoms with Crippen LogP contribution in [0.5, 0.6) is 11.5 Å². The van der Waals surface area contributed by atoms with E-state index in [1.807, 2.05) is 26.8 Å². The van der Waals surface area contributed by atoms with Gasteiger partial charge < -0.3 is 9.47 Å². The Morgan fingerprint density at radius 3 is 2.50 bits per heavy atom. The van der Waals surface area contributed by atoms with Crippen LogP contribution >= 0.6 is 0 Å². The highest BCUT2D eigenvalue weighted by Crippen LogP contribution is 2.37. The minimum absolute atomic E-state index is 0.191. The van der Waals surface area contributed by atoms with E-state index in [2.05, 4.69) is 37.3 Å². The van der Waals surface area contributed by atoms with E-state index in [4.69, 9.17) is 9.47 Å². The molecule has 3 rings (SSSR count). The average Bonchev–Trinajstić information content (AvgIpc) is 2.67. The number of carbonyl (C=O) groups excluding carboxylic acids is 1. The molecule has 0 spiro atoms. The molecule has 0 unspecified atom stereocenters. The second kappa shape index (κ2) is 8.38. The lowest BCUT2D eigenvalue weighted by Crippen LogP contribution is -2.25. The van der Waals surface area contributed by atoms with Gasteiger partial charge in [-0.25, -0.2) is 0 Å². The SMILES string of the molecule is CCCc1cc(OC)ccc1[C@@H]1CCc2cc(OC(=O)C(C)(C)C)ccc2C1. The number of rotatable bonds is 5. The van der Waals surface area contributed by atoms with E-state index in [0.29, 0.717) is 11.7 Å². The Balaban J connectivity index is 1.79. The number of hydrogen-bond acceptors (Lipinski definition) is 3. The first-order valence-electron chi connectivity index (χ1n) is 10.3. The van der Waals surface area contributed by atoms with Crippen LogP contribution in [-0.4, -0.2) is 13.1 Å². The van der Waals surface area contributed by atoms with Crippen molar-refractivity contribution in [3.05, 3.63) is 58.7 Å². The molecule has 2 aromatic carbocycles. The summed E-state index contributed by atoms with van der Waals surface area (Å²) in [6.45, 7) is 7.85.